The Morgan fingerprint density at radius 1 is 1.42 bits per heavy atom. The van der Waals surface area contributed by atoms with Crippen LogP contribution in [0.15, 0.2) is 22.7 Å². The highest BCUT2D eigenvalue weighted by Gasteiger charge is 2.12. The lowest BCUT2D eigenvalue weighted by Gasteiger charge is -2.09. The second-order valence-electron chi connectivity index (χ2n) is 2.38. The van der Waals surface area contributed by atoms with Gasteiger partial charge in [-0.1, -0.05) is 12.1 Å². The second kappa shape index (κ2) is 3.89. The summed E-state index contributed by atoms with van der Waals surface area (Å²) in [5.74, 6) is -0.0287. The minimum atomic E-state index is -1.03. The number of para-hydroxylation sites is 1. The molecule has 0 aliphatic rings. The number of phenolic OH excluding ortho intramolecular Hbond substituents is 1. The molecule has 0 aliphatic heterocycles. The van der Waals surface area contributed by atoms with Crippen LogP contribution in [0.2, 0.25) is 0 Å². The van der Waals surface area contributed by atoms with Gasteiger partial charge in [-0.2, -0.15) is 0 Å². The summed E-state index contributed by atoms with van der Waals surface area (Å²) < 4.78 is 0.507. The Kier molecular flexibility index (Phi) is 3.08. The Labute approximate surface area is 78.4 Å². The van der Waals surface area contributed by atoms with Crippen molar-refractivity contribution < 1.29 is 15.3 Å². The van der Waals surface area contributed by atoms with Crippen molar-refractivity contribution in [3.8, 4) is 5.75 Å². The van der Waals surface area contributed by atoms with E-state index in [1.165, 1.54) is 0 Å². The van der Waals surface area contributed by atoms with Crippen molar-refractivity contribution in [3.63, 3.8) is 0 Å². The summed E-state index contributed by atoms with van der Waals surface area (Å²) in [6.07, 6.45) is -1.03. The van der Waals surface area contributed by atoms with Crippen molar-refractivity contribution in [1.29, 1.82) is 0 Å². The normalized spacial score (nSPS) is 12.9. The Morgan fingerprint density at radius 2 is 2.08 bits per heavy atom. The summed E-state index contributed by atoms with van der Waals surface area (Å²) >= 11 is 3.10. The molecule has 0 spiro atoms. The molecule has 0 radical (unpaired) electrons. The van der Waals surface area contributed by atoms with Crippen molar-refractivity contribution in [1.82, 2.24) is 0 Å². The smallest absolute Gasteiger partial charge is 0.135 e. The van der Waals surface area contributed by atoms with Gasteiger partial charge in [-0.25, -0.2) is 0 Å². The number of aliphatic hydroxyl groups excluding tert-OH is 2. The summed E-state index contributed by atoms with van der Waals surface area (Å²) in [5, 5.41) is 27.2. The Balaban J connectivity index is 3.07. The van der Waals surface area contributed by atoms with E-state index in [-0.39, 0.29) is 5.75 Å². The molecule has 1 unspecified atom stereocenters. The maximum absolute atomic E-state index is 9.38. The number of rotatable bonds is 2. The molecule has 1 aromatic rings. The standard InChI is InChI=1S/C8H9BrO3/c9-6-3-1-2-5(8(6)12)7(11)4-10/h1-3,7,10-12H,4H2. The van der Waals surface area contributed by atoms with E-state index in [0.717, 1.165) is 0 Å². The molecule has 0 bridgehead atoms. The molecular formula is C8H9BrO3. The molecule has 1 rings (SSSR count). The zero-order chi connectivity index (χ0) is 9.14. The van der Waals surface area contributed by atoms with Crippen LogP contribution in [0.3, 0.4) is 0 Å². The third-order valence-corrected chi connectivity index (χ3v) is 2.19. The van der Waals surface area contributed by atoms with Gasteiger partial charge in [0.1, 0.15) is 11.9 Å². The molecule has 0 aromatic heterocycles. The number of hydrogen-bond acceptors (Lipinski definition) is 3. The van der Waals surface area contributed by atoms with E-state index < -0.39 is 12.7 Å². The quantitative estimate of drug-likeness (QED) is 0.718. The van der Waals surface area contributed by atoms with Crippen LogP contribution >= 0.6 is 15.9 Å². The molecule has 0 saturated carbocycles. The van der Waals surface area contributed by atoms with Gasteiger partial charge in [-0.05, 0) is 22.0 Å². The molecule has 66 valence electrons. The van der Waals surface area contributed by atoms with E-state index in [1.54, 1.807) is 18.2 Å². The average Bonchev–Trinajstić information content (AvgIpc) is 2.08. The number of benzene rings is 1. The minimum absolute atomic E-state index is 0.0287. The molecule has 0 heterocycles. The van der Waals surface area contributed by atoms with Crippen LogP contribution in [0.1, 0.15) is 11.7 Å². The lowest BCUT2D eigenvalue weighted by atomic mass is 10.1. The van der Waals surface area contributed by atoms with Crippen molar-refractivity contribution in [2.45, 2.75) is 6.10 Å². The minimum Gasteiger partial charge on any atom is -0.506 e. The predicted octanol–water partition coefficient (Wildman–Crippen LogP) is 1.18. The maximum atomic E-state index is 9.38. The van der Waals surface area contributed by atoms with Crippen molar-refractivity contribution in [2.24, 2.45) is 0 Å². The van der Waals surface area contributed by atoms with Crippen LogP contribution in [-0.2, 0) is 0 Å². The van der Waals surface area contributed by atoms with Crippen LogP contribution < -0.4 is 0 Å². The third-order valence-electron chi connectivity index (χ3n) is 1.55. The van der Waals surface area contributed by atoms with E-state index in [1.807, 2.05) is 0 Å². The molecule has 0 aliphatic carbocycles. The SMILES string of the molecule is OCC(O)c1cccc(Br)c1O. The fourth-order valence-electron chi connectivity index (χ4n) is 0.899. The fraction of sp³-hybridized carbons (Fsp3) is 0.250. The Morgan fingerprint density at radius 3 is 2.67 bits per heavy atom. The van der Waals surface area contributed by atoms with Crippen LogP contribution in [0.25, 0.3) is 0 Å². The molecule has 0 saturated heterocycles. The number of halogens is 1. The van der Waals surface area contributed by atoms with E-state index >= 15 is 0 Å². The highest BCUT2D eigenvalue weighted by atomic mass is 79.9. The molecule has 3 nitrogen and oxygen atoms in total. The van der Waals surface area contributed by atoms with Crippen molar-refractivity contribution in [2.75, 3.05) is 6.61 Å². The third kappa shape index (κ3) is 1.77. The molecular weight excluding hydrogens is 224 g/mol. The van der Waals surface area contributed by atoms with E-state index in [4.69, 9.17) is 5.11 Å². The first-order chi connectivity index (χ1) is 5.66. The van der Waals surface area contributed by atoms with Gasteiger partial charge in [0.15, 0.2) is 0 Å². The number of aromatic hydroxyl groups is 1. The molecule has 4 heteroatoms. The molecule has 12 heavy (non-hydrogen) atoms. The van der Waals surface area contributed by atoms with E-state index in [9.17, 15) is 10.2 Å². The lowest BCUT2D eigenvalue weighted by Crippen LogP contribution is -2.02. The fourth-order valence-corrected chi connectivity index (χ4v) is 1.28. The highest BCUT2D eigenvalue weighted by Crippen LogP contribution is 2.31. The van der Waals surface area contributed by atoms with Gasteiger partial charge in [0, 0.05) is 5.56 Å². The van der Waals surface area contributed by atoms with Gasteiger partial charge in [-0.15, -0.1) is 0 Å². The van der Waals surface area contributed by atoms with Crippen LogP contribution in [0.4, 0.5) is 0 Å². The summed E-state index contributed by atoms with van der Waals surface area (Å²) in [7, 11) is 0. The zero-order valence-electron chi connectivity index (χ0n) is 6.24. The first kappa shape index (κ1) is 9.51. The van der Waals surface area contributed by atoms with Crippen LogP contribution in [0.5, 0.6) is 5.75 Å². The second-order valence-corrected chi connectivity index (χ2v) is 3.23. The van der Waals surface area contributed by atoms with Gasteiger partial charge >= 0.3 is 0 Å². The van der Waals surface area contributed by atoms with Gasteiger partial charge < -0.3 is 15.3 Å². The number of phenols is 1. The van der Waals surface area contributed by atoms with Gasteiger partial charge in [0.25, 0.3) is 0 Å². The Hall–Kier alpha value is -0.580. The van der Waals surface area contributed by atoms with Crippen molar-refractivity contribution >= 4 is 15.9 Å². The van der Waals surface area contributed by atoms with E-state index in [0.29, 0.717) is 10.0 Å². The summed E-state index contributed by atoms with van der Waals surface area (Å²) in [6.45, 7) is -0.399. The average molecular weight is 233 g/mol. The first-order valence-corrected chi connectivity index (χ1v) is 4.22. The maximum Gasteiger partial charge on any atom is 0.135 e. The van der Waals surface area contributed by atoms with Crippen LogP contribution in [-0.4, -0.2) is 21.9 Å². The molecule has 0 fully saturated rings. The number of hydrogen-bond donors (Lipinski definition) is 3. The number of aliphatic hydroxyl groups is 2. The highest BCUT2D eigenvalue weighted by molar-refractivity contribution is 9.10. The summed E-state index contributed by atoms with van der Waals surface area (Å²) in [4.78, 5) is 0. The summed E-state index contributed by atoms with van der Waals surface area (Å²) in [5.41, 5.74) is 0.326. The monoisotopic (exact) mass is 232 g/mol. The zero-order valence-corrected chi connectivity index (χ0v) is 7.82. The predicted molar refractivity (Wildman–Crippen MR) is 47.9 cm³/mol. The van der Waals surface area contributed by atoms with Crippen molar-refractivity contribution in [3.05, 3.63) is 28.2 Å². The van der Waals surface area contributed by atoms with Gasteiger partial charge in [0.2, 0.25) is 0 Å². The largest absolute Gasteiger partial charge is 0.506 e. The molecule has 1 aromatic carbocycles. The molecule has 0 amide bonds. The topological polar surface area (TPSA) is 60.7 Å². The van der Waals surface area contributed by atoms with Crippen LogP contribution in [0, 0.1) is 0 Å². The lowest BCUT2D eigenvalue weighted by molar-refractivity contribution is 0.0934. The molecule has 3 N–H and O–H groups in total. The van der Waals surface area contributed by atoms with Gasteiger partial charge in [-0.3, -0.25) is 0 Å². The summed E-state index contributed by atoms with van der Waals surface area (Å²) in [6, 6.07) is 4.89. The molecule has 1 atom stereocenters. The van der Waals surface area contributed by atoms with Gasteiger partial charge in [0.05, 0.1) is 11.1 Å². The van der Waals surface area contributed by atoms with E-state index in [2.05, 4.69) is 15.9 Å². The first-order valence-electron chi connectivity index (χ1n) is 3.43. The Bertz CT molecular complexity index is 275.